The van der Waals surface area contributed by atoms with Gasteiger partial charge in [-0.05, 0) is 43.2 Å². The molecule has 0 atom stereocenters. The molecule has 1 heterocycles. The summed E-state index contributed by atoms with van der Waals surface area (Å²) < 4.78 is 28.1. The summed E-state index contributed by atoms with van der Waals surface area (Å²) in [5.41, 5.74) is 4.30. The number of hydrogen-bond acceptors (Lipinski definition) is 3. The summed E-state index contributed by atoms with van der Waals surface area (Å²) >= 11 is 0. The smallest absolute Gasteiger partial charge is 0.244 e. The second-order valence-corrected chi connectivity index (χ2v) is 9.76. The molecule has 0 fully saturated rings. The monoisotopic (exact) mass is 432 g/mol. The predicted octanol–water partition coefficient (Wildman–Crippen LogP) is 4.87. The first-order valence-corrected chi connectivity index (χ1v) is 11.7. The minimum absolute atomic E-state index is 0.0223. The fourth-order valence-electron chi connectivity index (χ4n) is 3.65. The highest BCUT2D eigenvalue weighted by atomic mass is 32.2. The maximum absolute atomic E-state index is 13.2. The minimum Gasteiger partial charge on any atom is -0.337 e. The fourth-order valence-corrected chi connectivity index (χ4v) is 5.23. The molecule has 0 aliphatic rings. The third-order valence-electron chi connectivity index (χ3n) is 5.18. The van der Waals surface area contributed by atoms with Crippen molar-refractivity contribution in [2.75, 3.05) is 5.32 Å². The third kappa shape index (κ3) is 4.70. The van der Waals surface area contributed by atoms with E-state index in [1.807, 2.05) is 80.6 Å². The van der Waals surface area contributed by atoms with E-state index in [1.165, 1.54) is 0 Å². The lowest BCUT2D eigenvalue weighted by atomic mass is 10.2. The molecule has 158 valence electrons. The van der Waals surface area contributed by atoms with Crippen molar-refractivity contribution in [2.24, 2.45) is 0 Å². The van der Waals surface area contributed by atoms with Gasteiger partial charge in [-0.1, -0.05) is 60.2 Å². The van der Waals surface area contributed by atoms with Crippen LogP contribution in [0.2, 0.25) is 0 Å². The van der Waals surface area contributed by atoms with Crippen LogP contribution in [0.5, 0.6) is 0 Å². The maximum Gasteiger partial charge on any atom is 0.244 e. The van der Waals surface area contributed by atoms with Gasteiger partial charge in [0.2, 0.25) is 5.91 Å². The number of carbonyl (C=O) groups is 1. The van der Waals surface area contributed by atoms with E-state index in [2.05, 4.69) is 5.32 Å². The van der Waals surface area contributed by atoms with Gasteiger partial charge < -0.3 is 9.88 Å². The molecular weight excluding hydrogens is 408 g/mol. The highest BCUT2D eigenvalue weighted by molar-refractivity contribution is 7.90. The zero-order valence-corrected chi connectivity index (χ0v) is 18.3. The number of sulfone groups is 1. The SMILES string of the molecule is Cc1ccc(CS(=O)(=O)c2cn(CC(=O)Nc3cccc(C)c3)c3ccccc23)cc1. The van der Waals surface area contributed by atoms with Crippen LogP contribution in [0.25, 0.3) is 10.9 Å². The number of benzene rings is 3. The summed E-state index contributed by atoms with van der Waals surface area (Å²) in [4.78, 5) is 12.9. The summed E-state index contributed by atoms with van der Waals surface area (Å²) in [6.07, 6.45) is 1.57. The average Bonchev–Trinajstić information content (AvgIpc) is 3.09. The lowest BCUT2D eigenvalue weighted by Crippen LogP contribution is -2.18. The van der Waals surface area contributed by atoms with Crippen molar-refractivity contribution >= 4 is 32.3 Å². The highest BCUT2D eigenvalue weighted by Crippen LogP contribution is 2.28. The molecule has 0 aliphatic heterocycles. The molecule has 5 nitrogen and oxygen atoms in total. The molecule has 1 N–H and O–H groups in total. The number of nitrogens with zero attached hydrogens (tertiary/aromatic N) is 1. The lowest BCUT2D eigenvalue weighted by Gasteiger charge is -2.08. The molecule has 3 aromatic carbocycles. The van der Waals surface area contributed by atoms with Gasteiger partial charge >= 0.3 is 0 Å². The van der Waals surface area contributed by atoms with Crippen molar-refractivity contribution in [2.45, 2.75) is 31.0 Å². The van der Waals surface area contributed by atoms with Crippen LogP contribution in [0.1, 0.15) is 16.7 Å². The van der Waals surface area contributed by atoms with E-state index in [0.717, 1.165) is 16.7 Å². The number of carbonyl (C=O) groups excluding carboxylic acids is 1. The lowest BCUT2D eigenvalue weighted by molar-refractivity contribution is -0.116. The molecule has 1 amide bonds. The van der Waals surface area contributed by atoms with Gasteiger partial charge in [-0.15, -0.1) is 0 Å². The van der Waals surface area contributed by atoms with Gasteiger partial charge in [-0.25, -0.2) is 8.42 Å². The Morgan fingerprint density at radius 1 is 0.903 bits per heavy atom. The number of para-hydroxylation sites is 1. The van der Waals surface area contributed by atoms with E-state index in [4.69, 9.17) is 0 Å². The van der Waals surface area contributed by atoms with Crippen LogP contribution in [0.4, 0.5) is 5.69 Å². The van der Waals surface area contributed by atoms with Crippen LogP contribution in [-0.4, -0.2) is 18.9 Å². The molecule has 31 heavy (non-hydrogen) atoms. The zero-order chi connectivity index (χ0) is 22.0. The van der Waals surface area contributed by atoms with Crippen molar-refractivity contribution in [1.82, 2.24) is 4.57 Å². The van der Waals surface area contributed by atoms with Gasteiger partial charge in [-0.3, -0.25) is 4.79 Å². The molecule has 0 saturated carbocycles. The van der Waals surface area contributed by atoms with E-state index < -0.39 is 9.84 Å². The van der Waals surface area contributed by atoms with E-state index >= 15 is 0 Å². The van der Waals surface area contributed by atoms with Crippen molar-refractivity contribution in [3.05, 3.63) is 95.7 Å². The Labute approximate surface area is 182 Å². The Morgan fingerprint density at radius 3 is 2.39 bits per heavy atom. The van der Waals surface area contributed by atoms with E-state index in [-0.39, 0.29) is 23.1 Å². The first kappa shape index (κ1) is 20.9. The molecular formula is C25H24N2O3S. The molecule has 1 aromatic heterocycles. The second-order valence-electron chi connectivity index (χ2n) is 7.80. The number of aryl methyl sites for hydroxylation is 2. The number of amides is 1. The standard InChI is InChI=1S/C25H24N2O3S/c1-18-10-12-20(13-11-18)17-31(29,30)24-15-27(23-9-4-3-8-22(23)24)16-25(28)26-21-7-5-6-19(2)14-21/h3-15H,16-17H2,1-2H3,(H,26,28). The van der Waals surface area contributed by atoms with E-state index in [9.17, 15) is 13.2 Å². The molecule has 0 aliphatic carbocycles. The van der Waals surface area contributed by atoms with Gasteiger partial charge in [0, 0.05) is 22.8 Å². The Balaban J connectivity index is 1.64. The Hall–Kier alpha value is -3.38. The van der Waals surface area contributed by atoms with E-state index in [0.29, 0.717) is 16.6 Å². The van der Waals surface area contributed by atoms with Gasteiger partial charge in [0.25, 0.3) is 0 Å². The largest absolute Gasteiger partial charge is 0.337 e. The fraction of sp³-hybridized carbons (Fsp3) is 0.160. The van der Waals surface area contributed by atoms with Crippen LogP contribution < -0.4 is 5.32 Å². The third-order valence-corrected chi connectivity index (χ3v) is 6.89. The molecule has 0 spiro atoms. The maximum atomic E-state index is 13.2. The Morgan fingerprint density at radius 2 is 1.65 bits per heavy atom. The summed E-state index contributed by atoms with van der Waals surface area (Å²) in [6, 6.07) is 22.3. The summed E-state index contributed by atoms with van der Waals surface area (Å²) in [7, 11) is -3.58. The van der Waals surface area contributed by atoms with Crippen LogP contribution in [0, 0.1) is 13.8 Å². The molecule has 6 heteroatoms. The summed E-state index contributed by atoms with van der Waals surface area (Å²) in [5, 5.41) is 3.50. The number of aromatic nitrogens is 1. The molecule has 4 aromatic rings. The first-order chi connectivity index (χ1) is 14.8. The quantitative estimate of drug-likeness (QED) is 0.473. The van der Waals surface area contributed by atoms with Crippen molar-refractivity contribution in [3.8, 4) is 0 Å². The van der Waals surface area contributed by atoms with Crippen molar-refractivity contribution in [1.29, 1.82) is 0 Å². The second kappa shape index (κ2) is 8.40. The zero-order valence-electron chi connectivity index (χ0n) is 17.5. The summed E-state index contributed by atoms with van der Waals surface area (Å²) in [5.74, 6) is -0.301. The van der Waals surface area contributed by atoms with Crippen molar-refractivity contribution in [3.63, 3.8) is 0 Å². The Kier molecular flexibility index (Phi) is 5.65. The number of anilines is 1. The number of fused-ring (bicyclic) bond motifs is 1. The minimum atomic E-state index is -3.58. The van der Waals surface area contributed by atoms with Crippen LogP contribution >= 0.6 is 0 Å². The number of rotatable bonds is 6. The van der Waals surface area contributed by atoms with Crippen LogP contribution in [0.15, 0.2) is 83.9 Å². The molecule has 0 bridgehead atoms. The van der Waals surface area contributed by atoms with Crippen LogP contribution in [-0.2, 0) is 26.9 Å². The van der Waals surface area contributed by atoms with Gasteiger partial charge in [-0.2, -0.15) is 0 Å². The van der Waals surface area contributed by atoms with Crippen LogP contribution in [0.3, 0.4) is 0 Å². The highest BCUT2D eigenvalue weighted by Gasteiger charge is 2.22. The van der Waals surface area contributed by atoms with Gasteiger partial charge in [0.1, 0.15) is 6.54 Å². The number of hydrogen-bond donors (Lipinski definition) is 1. The normalized spacial score (nSPS) is 11.5. The molecule has 0 saturated heterocycles. The molecule has 0 unspecified atom stereocenters. The molecule has 0 radical (unpaired) electrons. The average molecular weight is 433 g/mol. The first-order valence-electron chi connectivity index (χ1n) is 10.0. The summed E-state index contributed by atoms with van der Waals surface area (Å²) in [6.45, 7) is 3.95. The molecule has 4 rings (SSSR count). The van der Waals surface area contributed by atoms with Crippen molar-refractivity contribution < 1.29 is 13.2 Å². The van der Waals surface area contributed by atoms with Gasteiger partial charge in [0.05, 0.1) is 10.6 Å². The Bertz CT molecular complexity index is 1350. The topological polar surface area (TPSA) is 68.2 Å². The van der Waals surface area contributed by atoms with Gasteiger partial charge in [0.15, 0.2) is 9.84 Å². The number of nitrogens with one attached hydrogen (secondary N) is 1. The predicted molar refractivity (Wildman–Crippen MR) is 124 cm³/mol. The van der Waals surface area contributed by atoms with E-state index in [1.54, 1.807) is 16.8 Å².